The molecule has 0 saturated carbocycles. The molecule has 30 heavy (non-hydrogen) atoms. The van der Waals surface area contributed by atoms with Crippen molar-refractivity contribution in [2.24, 2.45) is 0 Å². The van der Waals surface area contributed by atoms with Crippen LogP contribution < -0.4 is 14.4 Å². The number of nitrogens with zero attached hydrogens (tertiary/aromatic N) is 4. The molecule has 3 heterocycles. The first-order chi connectivity index (χ1) is 14.8. The van der Waals surface area contributed by atoms with Gasteiger partial charge in [0.15, 0.2) is 11.5 Å². The summed E-state index contributed by atoms with van der Waals surface area (Å²) in [6.45, 7) is 4.70. The van der Waals surface area contributed by atoms with Gasteiger partial charge in [0.25, 0.3) is 0 Å². The summed E-state index contributed by atoms with van der Waals surface area (Å²) in [5, 5.41) is 9.69. The highest BCUT2D eigenvalue weighted by Crippen LogP contribution is 2.33. The van der Waals surface area contributed by atoms with Crippen LogP contribution in [-0.4, -0.2) is 42.9 Å². The molecule has 150 valence electrons. The first-order valence-electron chi connectivity index (χ1n) is 10.1. The lowest BCUT2D eigenvalue weighted by atomic mass is 10.1. The van der Waals surface area contributed by atoms with Gasteiger partial charge < -0.3 is 14.4 Å². The zero-order valence-electron chi connectivity index (χ0n) is 16.6. The highest BCUT2D eigenvalue weighted by molar-refractivity contribution is 5.68. The highest BCUT2D eigenvalue weighted by atomic mass is 16.7. The topological polar surface area (TPSA) is 61.6 Å². The van der Waals surface area contributed by atoms with Crippen molar-refractivity contribution in [2.45, 2.75) is 6.54 Å². The molecule has 1 saturated heterocycles. The molecule has 0 amide bonds. The van der Waals surface area contributed by atoms with Crippen LogP contribution in [0.4, 0.5) is 5.82 Å². The quantitative estimate of drug-likeness (QED) is 0.668. The summed E-state index contributed by atoms with van der Waals surface area (Å²) in [6.07, 6.45) is 1.87. The molecule has 0 spiro atoms. The van der Waals surface area contributed by atoms with Crippen molar-refractivity contribution in [3.8, 4) is 28.7 Å². The van der Waals surface area contributed by atoms with Crippen LogP contribution in [0.5, 0.6) is 11.5 Å². The Bertz CT molecular complexity index is 1090. The number of hydrogen-bond donors (Lipinski definition) is 0. The van der Waals surface area contributed by atoms with Gasteiger partial charge in [-0.2, -0.15) is 5.26 Å². The Morgan fingerprint density at radius 1 is 0.900 bits per heavy atom. The Morgan fingerprint density at radius 2 is 1.70 bits per heavy atom. The minimum atomic E-state index is 0.300. The number of fused-ring (bicyclic) bond motifs is 1. The number of ether oxygens (including phenoxy) is 2. The standard InChI is InChI=1S/C24H22N4O2/c25-14-20-13-21(19-4-2-1-3-5-19)15-26-24(20)28-10-8-27(9-11-28)16-18-6-7-22-23(12-18)30-17-29-22/h1-7,12-13,15H,8-11,16-17H2. The molecule has 0 radical (unpaired) electrons. The summed E-state index contributed by atoms with van der Waals surface area (Å²) < 4.78 is 10.9. The molecule has 1 fully saturated rings. The van der Waals surface area contributed by atoms with Gasteiger partial charge in [0.05, 0.1) is 5.56 Å². The molecule has 0 unspecified atom stereocenters. The molecule has 0 N–H and O–H groups in total. The van der Waals surface area contributed by atoms with Crippen molar-refractivity contribution in [2.75, 3.05) is 37.9 Å². The van der Waals surface area contributed by atoms with E-state index < -0.39 is 0 Å². The second-order valence-corrected chi connectivity index (χ2v) is 7.52. The van der Waals surface area contributed by atoms with E-state index in [1.54, 1.807) is 0 Å². The molecule has 1 aromatic heterocycles. The second-order valence-electron chi connectivity index (χ2n) is 7.52. The van der Waals surface area contributed by atoms with Gasteiger partial charge in [-0.15, -0.1) is 0 Å². The fourth-order valence-electron chi connectivity index (χ4n) is 4.00. The van der Waals surface area contributed by atoms with Gasteiger partial charge in [0.1, 0.15) is 11.9 Å². The molecule has 0 aliphatic carbocycles. The molecule has 3 aromatic rings. The number of piperazine rings is 1. The van der Waals surface area contributed by atoms with E-state index in [4.69, 9.17) is 9.47 Å². The third kappa shape index (κ3) is 3.68. The zero-order chi connectivity index (χ0) is 20.3. The maximum Gasteiger partial charge on any atom is 0.231 e. The molecule has 2 aromatic carbocycles. The summed E-state index contributed by atoms with van der Waals surface area (Å²) in [7, 11) is 0. The summed E-state index contributed by atoms with van der Waals surface area (Å²) in [4.78, 5) is 9.28. The van der Waals surface area contributed by atoms with Gasteiger partial charge in [-0.25, -0.2) is 4.98 Å². The van der Waals surface area contributed by atoms with Crippen LogP contribution in [0.3, 0.4) is 0 Å². The zero-order valence-corrected chi connectivity index (χ0v) is 16.6. The van der Waals surface area contributed by atoms with E-state index in [0.717, 1.165) is 61.2 Å². The third-order valence-electron chi connectivity index (χ3n) is 5.61. The lowest BCUT2D eigenvalue weighted by Gasteiger charge is -2.35. The van der Waals surface area contributed by atoms with Gasteiger partial charge >= 0.3 is 0 Å². The number of pyridine rings is 1. The predicted octanol–water partition coefficient (Wildman–Crippen LogP) is 3.67. The molecule has 6 nitrogen and oxygen atoms in total. The summed E-state index contributed by atoms with van der Waals surface area (Å²) in [5.74, 6) is 2.42. The molecular weight excluding hydrogens is 376 g/mol. The maximum absolute atomic E-state index is 9.69. The third-order valence-corrected chi connectivity index (χ3v) is 5.61. The highest BCUT2D eigenvalue weighted by Gasteiger charge is 2.22. The number of nitriles is 1. The number of hydrogen-bond acceptors (Lipinski definition) is 6. The van der Waals surface area contributed by atoms with Crippen molar-refractivity contribution in [3.05, 3.63) is 71.9 Å². The number of benzene rings is 2. The molecule has 6 heteroatoms. The maximum atomic E-state index is 9.69. The van der Waals surface area contributed by atoms with Crippen LogP contribution in [-0.2, 0) is 6.54 Å². The minimum Gasteiger partial charge on any atom is -0.454 e. The van der Waals surface area contributed by atoms with Gasteiger partial charge in [0, 0.05) is 44.5 Å². The predicted molar refractivity (Wildman–Crippen MR) is 114 cm³/mol. The van der Waals surface area contributed by atoms with E-state index in [0.29, 0.717) is 12.4 Å². The largest absolute Gasteiger partial charge is 0.454 e. The first-order valence-corrected chi connectivity index (χ1v) is 10.1. The minimum absolute atomic E-state index is 0.300. The van der Waals surface area contributed by atoms with Crippen LogP contribution in [0.1, 0.15) is 11.1 Å². The fourth-order valence-corrected chi connectivity index (χ4v) is 4.00. The molecule has 0 atom stereocenters. The van der Waals surface area contributed by atoms with E-state index in [2.05, 4.69) is 33.0 Å². The Balaban J connectivity index is 1.26. The van der Waals surface area contributed by atoms with Crippen molar-refractivity contribution >= 4 is 5.82 Å². The van der Waals surface area contributed by atoms with Crippen LogP contribution in [0.25, 0.3) is 11.1 Å². The number of anilines is 1. The average molecular weight is 398 g/mol. The van der Waals surface area contributed by atoms with Crippen LogP contribution in [0.2, 0.25) is 0 Å². The first kappa shape index (κ1) is 18.5. The van der Waals surface area contributed by atoms with Gasteiger partial charge in [-0.05, 0) is 29.3 Å². The Hall–Kier alpha value is -3.56. The van der Waals surface area contributed by atoms with E-state index in [1.165, 1.54) is 5.56 Å². The Kier molecular flexibility index (Phi) is 4.96. The normalized spacial score (nSPS) is 15.8. The lowest BCUT2D eigenvalue weighted by molar-refractivity contribution is 0.174. The fraction of sp³-hybridized carbons (Fsp3) is 0.250. The molecule has 0 bridgehead atoms. The molecular formula is C24H22N4O2. The molecule has 2 aliphatic rings. The summed E-state index contributed by atoms with van der Waals surface area (Å²) in [6, 6.07) is 20.5. The summed E-state index contributed by atoms with van der Waals surface area (Å²) in [5.41, 5.74) is 3.88. The SMILES string of the molecule is N#Cc1cc(-c2ccccc2)cnc1N1CCN(Cc2ccc3c(c2)OCO3)CC1. The van der Waals surface area contributed by atoms with Crippen LogP contribution >= 0.6 is 0 Å². The van der Waals surface area contributed by atoms with Crippen LogP contribution in [0, 0.1) is 11.3 Å². The summed E-state index contributed by atoms with van der Waals surface area (Å²) >= 11 is 0. The number of aromatic nitrogens is 1. The van der Waals surface area contributed by atoms with Gasteiger partial charge in [-0.1, -0.05) is 36.4 Å². The van der Waals surface area contributed by atoms with E-state index in [1.807, 2.05) is 48.7 Å². The van der Waals surface area contributed by atoms with Crippen molar-refractivity contribution in [1.29, 1.82) is 5.26 Å². The number of rotatable bonds is 4. The Morgan fingerprint density at radius 3 is 2.50 bits per heavy atom. The molecule has 2 aliphatic heterocycles. The van der Waals surface area contributed by atoms with E-state index in [9.17, 15) is 5.26 Å². The Labute approximate surface area is 175 Å². The van der Waals surface area contributed by atoms with E-state index >= 15 is 0 Å². The molecule has 5 rings (SSSR count). The van der Waals surface area contributed by atoms with Gasteiger partial charge in [-0.3, -0.25) is 4.90 Å². The lowest BCUT2D eigenvalue weighted by Crippen LogP contribution is -2.46. The van der Waals surface area contributed by atoms with Crippen molar-refractivity contribution in [1.82, 2.24) is 9.88 Å². The second kappa shape index (κ2) is 8.05. The monoisotopic (exact) mass is 398 g/mol. The van der Waals surface area contributed by atoms with Crippen molar-refractivity contribution < 1.29 is 9.47 Å². The average Bonchev–Trinajstić information content (AvgIpc) is 3.28. The smallest absolute Gasteiger partial charge is 0.231 e. The van der Waals surface area contributed by atoms with Crippen LogP contribution in [0.15, 0.2) is 60.8 Å². The van der Waals surface area contributed by atoms with E-state index in [-0.39, 0.29) is 0 Å². The van der Waals surface area contributed by atoms with Crippen molar-refractivity contribution in [3.63, 3.8) is 0 Å². The van der Waals surface area contributed by atoms with Gasteiger partial charge in [0.2, 0.25) is 6.79 Å².